The number of phenolic OH excluding ortho intramolecular Hbond substituents is 1. The van der Waals surface area contributed by atoms with E-state index in [1.807, 2.05) is 0 Å². The van der Waals surface area contributed by atoms with Crippen molar-refractivity contribution in [2.75, 3.05) is 27.4 Å². The summed E-state index contributed by atoms with van der Waals surface area (Å²) >= 11 is 0. The average molecular weight is 401 g/mol. The maximum Gasteiger partial charge on any atom is 0.259 e. The molecule has 2 aromatic carbocycles. The number of rotatable bonds is 9. The molecule has 0 aliphatic carbocycles. The van der Waals surface area contributed by atoms with Gasteiger partial charge >= 0.3 is 0 Å². The molecular weight excluding hydrogens is 378 g/mol. The first-order chi connectivity index (χ1) is 14.0. The van der Waals surface area contributed by atoms with Gasteiger partial charge in [0, 0.05) is 5.56 Å². The Hall–Kier alpha value is -3.75. The minimum atomic E-state index is -0.501. The molecule has 9 nitrogen and oxygen atoms in total. The maximum atomic E-state index is 12.2. The van der Waals surface area contributed by atoms with Crippen LogP contribution >= 0.6 is 0 Å². The van der Waals surface area contributed by atoms with E-state index in [1.54, 1.807) is 31.2 Å². The molecule has 3 N–H and O–H groups in total. The smallest absolute Gasteiger partial charge is 0.259 e. The number of phenols is 1. The van der Waals surface area contributed by atoms with Crippen molar-refractivity contribution in [2.24, 2.45) is 5.10 Å². The summed E-state index contributed by atoms with van der Waals surface area (Å²) in [6.45, 7) is 1.95. The molecule has 0 fully saturated rings. The van der Waals surface area contributed by atoms with E-state index in [2.05, 4.69) is 15.8 Å². The highest BCUT2D eigenvalue weighted by molar-refractivity contribution is 5.97. The van der Waals surface area contributed by atoms with Crippen molar-refractivity contribution < 1.29 is 28.9 Å². The van der Waals surface area contributed by atoms with Gasteiger partial charge in [0.1, 0.15) is 0 Å². The molecule has 0 aliphatic rings. The number of hydrazone groups is 1. The molecule has 0 radical (unpaired) electrons. The third-order valence-corrected chi connectivity index (χ3v) is 3.74. The molecule has 9 heteroatoms. The lowest BCUT2D eigenvalue weighted by molar-refractivity contribution is -0.120. The highest BCUT2D eigenvalue weighted by atomic mass is 16.5. The van der Waals surface area contributed by atoms with Crippen LogP contribution in [0, 0.1) is 0 Å². The first-order valence-corrected chi connectivity index (χ1v) is 8.76. The zero-order chi connectivity index (χ0) is 21.2. The highest BCUT2D eigenvalue weighted by Gasteiger charge is 2.11. The number of benzene rings is 2. The van der Waals surface area contributed by atoms with E-state index >= 15 is 0 Å². The van der Waals surface area contributed by atoms with Crippen LogP contribution in [0.4, 0.5) is 0 Å². The van der Waals surface area contributed by atoms with Gasteiger partial charge in [-0.1, -0.05) is 0 Å². The van der Waals surface area contributed by atoms with Crippen molar-refractivity contribution >= 4 is 18.0 Å². The fourth-order valence-electron chi connectivity index (χ4n) is 2.34. The lowest BCUT2D eigenvalue weighted by Crippen LogP contribution is -2.34. The predicted octanol–water partition coefficient (Wildman–Crippen LogP) is 1.69. The number of carbonyl (C=O) groups is 2. The first kappa shape index (κ1) is 21.5. The summed E-state index contributed by atoms with van der Waals surface area (Å²) in [7, 11) is 2.97. The first-order valence-electron chi connectivity index (χ1n) is 8.76. The summed E-state index contributed by atoms with van der Waals surface area (Å²) < 4.78 is 15.5. The molecule has 0 saturated heterocycles. The number of methoxy groups -OCH3 is 2. The van der Waals surface area contributed by atoms with Crippen LogP contribution in [0.2, 0.25) is 0 Å². The highest BCUT2D eigenvalue weighted by Crippen LogP contribution is 2.27. The number of ether oxygens (including phenoxy) is 3. The van der Waals surface area contributed by atoms with Gasteiger partial charge < -0.3 is 24.6 Å². The molecule has 0 heterocycles. The molecule has 0 saturated carbocycles. The monoisotopic (exact) mass is 401 g/mol. The third kappa shape index (κ3) is 6.13. The molecule has 0 aliphatic heterocycles. The molecular formula is C20H23N3O6. The minimum Gasteiger partial charge on any atom is -0.504 e. The number of aromatic hydroxyl groups is 1. The third-order valence-electron chi connectivity index (χ3n) is 3.74. The van der Waals surface area contributed by atoms with Crippen LogP contribution in [0.3, 0.4) is 0 Å². The van der Waals surface area contributed by atoms with Crippen LogP contribution in [0.25, 0.3) is 0 Å². The van der Waals surface area contributed by atoms with Crippen LogP contribution in [0.5, 0.6) is 23.0 Å². The van der Waals surface area contributed by atoms with E-state index in [-0.39, 0.29) is 12.3 Å². The van der Waals surface area contributed by atoms with Gasteiger partial charge in [-0.05, 0) is 48.9 Å². The lowest BCUT2D eigenvalue weighted by Gasteiger charge is -2.09. The number of hydrogen-bond donors (Lipinski definition) is 3. The Bertz CT molecular complexity index is 898. The normalized spacial score (nSPS) is 10.4. The van der Waals surface area contributed by atoms with Crippen LogP contribution in [0.15, 0.2) is 41.5 Å². The second-order valence-electron chi connectivity index (χ2n) is 5.71. The van der Waals surface area contributed by atoms with Crippen molar-refractivity contribution in [1.29, 1.82) is 0 Å². The average Bonchev–Trinajstić information content (AvgIpc) is 2.73. The molecule has 2 aromatic rings. The molecule has 0 unspecified atom stereocenters. The van der Waals surface area contributed by atoms with Crippen molar-refractivity contribution in [3.05, 3.63) is 47.5 Å². The van der Waals surface area contributed by atoms with Gasteiger partial charge in [0.25, 0.3) is 11.8 Å². The zero-order valence-corrected chi connectivity index (χ0v) is 16.4. The second kappa shape index (κ2) is 10.5. The van der Waals surface area contributed by atoms with Gasteiger partial charge in [0.05, 0.1) is 33.6 Å². The summed E-state index contributed by atoms with van der Waals surface area (Å²) in [5.74, 6) is 0.312. The molecule has 0 aromatic heterocycles. The van der Waals surface area contributed by atoms with Crippen molar-refractivity contribution in [2.45, 2.75) is 6.92 Å². The number of carbonyl (C=O) groups excluding carboxylic acids is 2. The number of nitrogens with zero attached hydrogens (tertiary/aromatic N) is 1. The van der Waals surface area contributed by atoms with Crippen LogP contribution in [-0.4, -0.2) is 50.5 Å². The van der Waals surface area contributed by atoms with Gasteiger partial charge in [-0.2, -0.15) is 5.10 Å². The standard InChI is InChI=1S/C20H23N3O6/c1-4-29-17-9-13(5-7-15(17)24)11-22-23-19(25)12-21-20(26)14-6-8-16(27-2)18(10-14)28-3/h5-11,24H,4,12H2,1-3H3,(H,21,26)(H,23,25)/b22-11-. The molecule has 0 atom stereocenters. The zero-order valence-electron chi connectivity index (χ0n) is 16.4. The Morgan fingerprint density at radius 3 is 2.52 bits per heavy atom. The van der Waals surface area contributed by atoms with E-state index in [0.29, 0.717) is 35.0 Å². The van der Waals surface area contributed by atoms with Crippen LogP contribution in [-0.2, 0) is 4.79 Å². The minimum absolute atomic E-state index is 0.0194. The molecule has 29 heavy (non-hydrogen) atoms. The summed E-state index contributed by atoms with van der Waals surface area (Å²) in [5, 5.41) is 16.0. The number of nitrogens with one attached hydrogen (secondary N) is 2. The molecule has 2 amide bonds. The Labute approximate surface area is 168 Å². The summed E-state index contributed by atoms with van der Waals surface area (Å²) in [4.78, 5) is 24.0. The number of hydrogen-bond acceptors (Lipinski definition) is 7. The molecule has 0 bridgehead atoms. The SMILES string of the molecule is CCOc1cc(/C=N\NC(=O)CNC(=O)c2ccc(OC)c(OC)c2)ccc1O. The van der Waals surface area contributed by atoms with E-state index in [0.717, 1.165) is 0 Å². The van der Waals surface area contributed by atoms with Gasteiger partial charge in [0.15, 0.2) is 23.0 Å². The van der Waals surface area contributed by atoms with Gasteiger partial charge in [0.2, 0.25) is 0 Å². The Morgan fingerprint density at radius 1 is 1.07 bits per heavy atom. The predicted molar refractivity (Wildman–Crippen MR) is 107 cm³/mol. The van der Waals surface area contributed by atoms with Gasteiger partial charge in [-0.25, -0.2) is 5.43 Å². The van der Waals surface area contributed by atoms with Crippen molar-refractivity contribution in [1.82, 2.24) is 10.7 Å². The van der Waals surface area contributed by atoms with Gasteiger partial charge in [-0.15, -0.1) is 0 Å². The Balaban J connectivity index is 1.87. The molecule has 2 rings (SSSR count). The summed E-state index contributed by atoms with van der Waals surface area (Å²) in [6.07, 6.45) is 1.40. The van der Waals surface area contributed by atoms with Gasteiger partial charge in [-0.3, -0.25) is 9.59 Å². The summed E-state index contributed by atoms with van der Waals surface area (Å²) in [6, 6.07) is 9.36. The van der Waals surface area contributed by atoms with E-state index in [4.69, 9.17) is 14.2 Å². The lowest BCUT2D eigenvalue weighted by atomic mass is 10.2. The fraction of sp³-hybridized carbons (Fsp3) is 0.250. The van der Waals surface area contributed by atoms with E-state index in [9.17, 15) is 14.7 Å². The summed E-state index contributed by atoms with van der Waals surface area (Å²) in [5.41, 5.74) is 3.26. The Kier molecular flexibility index (Phi) is 7.84. The second-order valence-corrected chi connectivity index (χ2v) is 5.71. The van der Waals surface area contributed by atoms with Crippen molar-refractivity contribution in [3.8, 4) is 23.0 Å². The molecule has 154 valence electrons. The number of amides is 2. The topological polar surface area (TPSA) is 118 Å². The Morgan fingerprint density at radius 2 is 1.83 bits per heavy atom. The quantitative estimate of drug-likeness (QED) is 0.435. The van der Waals surface area contributed by atoms with Crippen molar-refractivity contribution in [3.63, 3.8) is 0 Å². The van der Waals surface area contributed by atoms with E-state index < -0.39 is 11.8 Å². The maximum absolute atomic E-state index is 12.2. The molecule has 0 spiro atoms. The largest absolute Gasteiger partial charge is 0.504 e. The van der Waals surface area contributed by atoms with Crippen LogP contribution in [0.1, 0.15) is 22.8 Å². The van der Waals surface area contributed by atoms with E-state index in [1.165, 1.54) is 32.6 Å². The van der Waals surface area contributed by atoms with Crippen LogP contribution < -0.4 is 25.0 Å². The fourth-order valence-corrected chi connectivity index (χ4v) is 2.34.